The summed E-state index contributed by atoms with van der Waals surface area (Å²) >= 11 is 0. The van der Waals surface area contributed by atoms with Crippen molar-refractivity contribution in [3.05, 3.63) is 35.9 Å². The zero-order chi connectivity index (χ0) is 16.9. The van der Waals surface area contributed by atoms with Crippen LogP contribution >= 0.6 is 0 Å². The molecule has 5 heteroatoms. The molecule has 0 radical (unpaired) electrons. The summed E-state index contributed by atoms with van der Waals surface area (Å²) in [5, 5.41) is 9.67. The fourth-order valence-electron chi connectivity index (χ4n) is 4.20. The van der Waals surface area contributed by atoms with Crippen molar-refractivity contribution >= 4 is 12.1 Å². The molecule has 1 aliphatic heterocycles. The smallest absolute Gasteiger partial charge is 0.410 e. The predicted octanol–water partition coefficient (Wildman–Crippen LogP) is 3.68. The molecule has 1 aromatic rings. The van der Waals surface area contributed by atoms with Gasteiger partial charge in [0.1, 0.15) is 12.6 Å². The van der Waals surface area contributed by atoms with Gasteiger partial charge in [-0.2, -0.15) is 0 Å². The number of ether oxygens (including phenoxy) is 1. The maximum absolute atomic E-state index is 12.4. The van der Waals surface area contributed by atoms with Gasteiger partial charge in [-0.15, -0.1) is 0 Å². The second-order valence-corrected chi connectivity index (χ2v) is 6.87. The van der Waals surface area contributed by atoms with E-state index in [4.69, 9.17) is 4.74 Å². The summed E-state index contributed by atoms with van der Waals surface area (Å²) in [6, 6.07) is 8.71. The molecule has 0 bridgehead atoms. The molecule has 0 unspecified atom stereocenters. The minimum absolute atomic E-state index is 0.0621. The third-order valence-corrected chi connectivity index (χ3v) is 5.39. The van der Waals surface area contributed by atoms with E-state index in [9.17, 15) is 14.7 Å². The van der Waals surface area contributed by atoms with Crippen molar-refractivity contribution in [2.75, 3.05) is 6.54 Å². The van der Waals surface area contributed by atoms with E-state index in [0.717, 1.165) is 24.8 Å². The number of hydrogen-bond acceptors (Lipinski definition) is 3. The summed E-state index contributed by atoms with van der Waals surface area (Å²) < 4.78 is 5.35. The average Bonchev–Trinajstić information content (AvgIpc) is 3.07. The summed E-state index contributed by atoms with van der Waals surface area (Å²) in [6.07, 6.45) is 6.01. The lowest BCUT2D eigenvalue weighted by Gasteiger charge is -2.31. The van der Waals surface area contributed by atoms with E-state index in [-0.39, 0.29) is 12.5 Å². The van der Waals surface area contributed by atoms with Gasteiger partial charge in [-0.05, 0) is 23.8 Å². The standard InChI is InChI=1S/C19H25NO4/c21-18(22)17-16(15-9-5-2-6-10-15)11-12-20(17)19(23)24-13-14-7-3-1-4-8-14/h1,3-4,7-8,15-17H,2,5-6,9-13H2,(H,21,22)/t16-,17+/m1/s1. The molecule has 130 valence electrons. The van der Waals surface area contributed by atoms with Crippen molar-refractivity contribution in [2.24, 2.45) is 11.8 Å². The summed E-state index contributed by atoms with van der Waals surface area (Å²) in [6.45, 7) is 0.655. The first-order chi connectivity index (χ1) is 11.7. The van der Waals surface area contributed by atoms with Gasteiger partial charge in [0.15, 0.2) is 0 Å². The zero-order valence-electron chi connectivity index (χ0n) is 13.9. The van der Waals surface area contributed by atoms with Gasteiger partial charge in [-0.1, -0.05) is 62.4 Å². The number of amides is 1. The molecule has 2 fully saturated rings. The summed E-state index contributed by atoms with van der Waals surface area (Å²) in [5.74, 6) is -0.418. The van der Waals surface area contributed by atoms with E-state index < -0.39 is 18.1 Å². The Morgan fingerprint density at radius 3 is 2.46 bits per heavy atom. The van der Waals surface area contributed by atoms with Gasteiger partial charge in [0.25, 0.3) is 0 Å². The Labute approximate surface area is 142 Å². The van der Waals surface area contributed by atoms with E-state index in [1.807, 2.05) is 30.3 Å². The molecule has 0 spiro atoms. The largest absolute Gasteiger partial charge is 0.480 e. The van der Waals surface area contributed by atoms with Gasteiger partial charge in [-0.25, -0.2) is 9.59 Å². The normalized spacial score (nSPS) is 24.8. The van der Waals surface area contributed by atoms with Gasteiger partial charge in [0, 0.05) is 6.54 Å². The quantitative estimate of drug-likeness (QED) is 0.914. The Hall–Kier alpha value is -2.04. The lowest BCUT2D eigenvalue weighted by Crippen LogP contribution is -2.45. The van der Waals surface area contributed by atoms with Gasteiger partial charge < -0.3 is 9.84 Å². The van der Waals surface area contributed by atoms with Gasteiger partial charge in [-0.3, -0.25) is 4.90 Å². The lowest BCUT2D eigenvalue weighted by atomic mass is 9.76. The van der Waals surface area contributed by atoms with Crippen molar-refractivity contribution in [3.8, 4) is 0 Å². The van der Waals surface area contributed by atoms with Crippen LogP contribution in [-0.2, 0) is 16.1 Å². The number of rotatable bonds is 4. The summed E-state index contributed by atoms with van der Waals surface area (Å²) in [5.41, 5.74) is 0.903. The van der Waals surface area contributed by atoms with Crippen molar-refractivity contribution in [1.82, 2.24) is 4.90 Å². The summed E-state index contributed by atoms with van der Waals surface area (Å²) in [7, 11) is 0. The Balaban J connectivity index is 1.63. The number of nitrogens with zero attached hydrogens (tertiary/aromatic N) is 1. The third-order valence-electron chi connectivity index (χ3n) is 5.39. The van der Waals surface area contributed by atoms with Crippen LogP contribution in [-0.4, -0.2) is 34.7 Å². The molecule has 0 aromatic heterocycles. The number of carbonyl (C=O) groups excluding carboxylic acids is 1. The molecule has 3 rings (SSSR count). The Morgan fingerprint density at radius 2 is 1.79 bits per heavy atom. The number of carboxylic acid groups (broad SMARTS) is 1. The first-order valence-electron chi connectivity index (χ1n) is 8.87. The van der Waals surface area contributed by atoms with E-state index in [0.29, 0.717) is 12.5 Å². The number of aliphatic carboxylic acids is 1. The average molecular weight is 331 g/mol. The minimum atomic E-state index is -0.903. The van der Waals surface area contributed by atoms with Crippen LogP contribution in [0.25, 0.3) is 0 Å². The first-order valence-corrected chi connectivity index (χ1v) is 8.87. The number of carboxylic acids is 1. The molecule has 1 amide bonds. The molecule has 2 atom stereocenters. The van der Waals surface area contributed by atoms with Crippen molar-refractivity contribution in [1.29, 1.82) is 0 Å². The van der Waals surface area contributed by atoms with E-state index >= 15 is 0 Å². The highest BCUT2D eigenvalue weighted by molar-refractivity contribution is 5.81. The monoisotopic (exact) mass is 331 g/mol. The Morgan fingerprint density at radius 1 is 1.08 bits per heavy atom. The van der Waals surface area contributed by atoms with Crippen LogP contribution in [0.15, 0.2) is 30.3 Å². The van der Waals surface area contributed by atoms with Crippen molar-refractivity contribution in [2.45, 2.75) is 51.2 Å². The fourth-order valence-corrected chi connectivity index (χ4v) is 4.20. The van der Waals surface area contributed by atoms with Gasteiger partial charge in [0.2, 0.25) is 0 Å². The molecule has 1 aliphatic carbocycles. The van der Waals surface area contributed by atoms with E-state index in [1.165, 1.54) is 24.2 Å². The minimum Gasteiger partial charge on any atom is -0.480 e. The van der Waals surface area contributed by atoms with Crippen LogP contribution in [0.4, 0.5) is 4.79 Å². The second-order valence-electron chi connectivity index (χ2n) is 6.87. The highest BCUT2D eigenvalue weighted by atomic mass is 16.6. The first kappa shape index (κ1) is 16.8. The number of hydrogen-bond donors (Lipinski definition) is 1. The van der Waals surface area contributed by atoms with Crippen LogP contribution in [0.1, 0.15) is 44.1 Å². The molecule has 5 nitrogen and oxygen atoms in total. The summed E-state index contributed by atoms with van der Waals surface area (Å²) in [4.78, 5) is 25.6. The van der Waals surface area contributed by atoms with Crippen LogP contribution in [0.2, 0.25) is 0 Å². The maximum atomic E-state index is 12.4. The molecule has 1 saturated carbocycles. The van der Waals surface area contributed by atoms with Crippen LogP contribution in [0.5, 0.6) is 0 Å². The van der Waals surface area contributed by atoms with Crippen LogP contribution < -0.4 is 0 Å². The highest BCUT2D eigenvalue weighted by Gasteiger charge is 2.45. The molecule has 24 heavy (non-hydrogen) atoms. The molecule has 1 aromatic carbocycles. The topological polar surface area (TPSA) is 66.8 Å². The van der Waals surface area contributed by atoms with E-state index in [2.05, 4.69) is 0 Å². The molecule has 1 heterocycles. The van der Waals surface area contributed by atoms with Crippen molar-refractivity contribution in [3.63, 3.8) is 0 Å². The molecular formula is C19H25NO4. The van der Waals surface area contributed by atoms with E-state index in [1.54, 1.807) is 0 Å². The molecule has 1 saturated heterocycles. The molecule has 2 aliphatic rings. The molecule has 1 N–H and O–H groups in total. The molecular weight excluding hydrogens is 306 g/mol. The lowest BCUT2D eigenvalue weighted by molar-refractivity contribution is -0.143. The van der Waals surface area contributed by atoms with Gasteiger partial charge >= 0.3 is 12.1 Å². The SMILES string of the molecule is O=C(O)[C@@H]1[C@@H](C2CCCCC2)CCN1C(=O)OCc1ccccc1. The second kappa shape index (κ2) is 7.69. The highest BCUT2D eigenvalue weighted by Crippen LogP contribution is 2.39. The number of benzene rings is 1. The number of likely N-dealkylation sites (tertiary alicyclic amines) is 1. The Bertz CT molecular complexity index is 568. The predicted molar refractivity (Wildman–Crippen MR) is 89.4 cm³/mol. The Kier molecular flexibility index (Phi) is 5.38. The zero-order valence-corrected chi connectivity index (χ0v) is 13.9. The van der Waals surface area contributed by atoms with Crippen LogP contribution in [0, 0.1) is 11.8 Å². The van der Waals surface area contributed by atoms with Gasteiger partial charge in [0.05, 0.1) is 0 Å². The number of carbonyl (C=O) groups is 2. The maximum Gasteiger partial charge on any atom is 0.410 e. The van der Waals surface area contributed by atoms with Crippen molar-refractivity contribution < 1.29 is 19.4 Å². The van der Waals surface area contributed by atoms with Crippen LogP contribution in [0.3, 0.4) is 0 Å². The third kappa shape index (κ3) is 3.71. The fraction of sp³-hybridized carbons (Fsp3) is 0.579.